The molecule has 0 aromatic heterocycles. The fraction of sp³-hybridized carbons (Fsp3) is 0.143. The second kappa shape index (κ2) is 4.79. The molecule has 0 saturated heterocycles. The minimum absolute atomic E-state index is 0.224. The van der Waals surface area contributed by atoms with Crippen molar-refractivity contribution in [2.75, 3.05) is 0 Å². The van der Waals surface area contributed by atoms with E-state index in [9.17, 15) is 9.50 Å². The SMILES string of the molecule is Oc1c(F)cccc1CCc1ccccc1. The molecule has 0 aliphatic carbocycles. The molecule has 82 valence electrons. The molecule has 0 unspecified atom stereocenters. The highest BCUT2D eigenvalue weighted by molar-refractivity contribution is 5.34. The summed E-state index contributed by atoms with van der Waals surface area (Å²) in [6.45, 7) is 0. The van der Waals surface area contributed by atoms with E-state index >= 15 is 0 Å². The standard InChI is InChI=1S/C14H13FO/c15-13-8-4-7-12(14(13)16)10-9-11-5-2-1-3-6-11/h1-8,16H,9-10H2. The fourth-order valence-electron chi connectivity index (χ4n) is 1.69. The number of aromatic hydroxyl groups is 1. The van der Waals surface area contributed by atoms with Crippen LogP contribution in [0.15, 0.2) is 48.5 Å². The Hall–Kier alpha value is -1.83. The Morgan fingerprint density at radius 2 is 1.62 bits per heavy atom. The molecule has 2 rings (SSSR count). The van der Waals surface area contributed by atoms with Crippen LogP contribution in [0, 0.1) is 5.82 Å². The van der Waals surface area contributed by atoms with Crippen LogP contribution in [0.3, 0.4) is 0 Å². The second-order valence-electron chi connectivity index (χ2n) is 3.73. The van der Waals surface area contributed by atoms with Crippen LogP contribution in [-0.4, -0.2) is 5.11 Å². The average Bonchev–Trinajstić information content (AvgIpc) is 2.32. The first-order valence-electron chi connectivity index (χ1n) is 5.27. The van der Waals surface area contributed by atoms with Gasteiger partial charge in [0.2, 0.25) is 0 Å². The smallest absolute Gasteiger partial charge is 0.165 e. The van der Waals surface area contributed by atoms with Crippen LogP contribution >= 0.6 is 0 Å². The molecule has 1 nitrogen and oxygen atoms in total. The minimum atomic E-state index is -0.550. The average molecular weight is 216 g/mol. The third-order valence-corrected chi connectivity index (χ3v) is 2.60. The Kier molecular flexibility index (Phi) is 3.20. The monoisotopic (exact) mass is 216 g/mol. The normalized spacial score (nSPS) is 10.3. The van der Waals surface area contributed by atoms with Crippen molar-refractivity contribution >= 4 is 0 Å². The Balaban J connectivity index is 2.08. The minimum Gasteiger partial charge on any atom is -0.505 e. The van der Waals surface area contributed by atoms with Gasteiger partial charge in [-0.15, -0.1) is 0 Å². The van der Waals surface area contributed by atoms with Gasteiger partial charge in [0.25, 0.3) is 0 Å². The molecule has 0 aliphatic heterocycles. The van der Waals surface area contributed by atoms with Crippen molar-refractivity contribution in [2.24, 2.45) is 0 Å². The second-order valence-corrected chi connectivity index (χ2v) is 3.73. The highest BCUT2D eigenvalue weighted by Crippen LogP contribution is 2.22. The molecule has 16 heavy (non-hydrogen) atoms. The highest BCUT2D eigenvalue weighted by Gasteiger charge is 2.05. The zero-order chi connectivity index (χ0) is 11.4. The van der Waals surface area contributed by atoms with Crippen molar-refractivity contribution in [3.8, 4) is 5.75 Å². The van der Waals surface area contributed by atoms with Gasteiger partial charge in [-0.05, 0) is 30.0 Å². The van der Waals surface area contributed by atoms with Gasteiger partial charge in [-0.2, -0.15) is 0 Å². The van der Waals surface area contributed by atoms with E-state index in [2.05, 4.69) is 0 Å². The van der Waals surface area contributed by atoms with Gasteiger partial charge in [-0.1, -0.05) is 42.5 Å². The summed E-state index contributed by atoms with van der Waals surface area (Å²) in [4.78, 5) is 0. The summed E-state index contributed by atoms with van der Waals surface area (Å²) in [6.07, 6.45) is 1.45. The molecule has 0 spiro atoms. The predicted molar refractivity (Wildman–Crippen MR) is 61.9 cm³/mol. The summed E-state index contributed by atoms with van der Waals surface area (Å²) >= 11 is 0. The van der Waals surface area contributed by atoms with Gasteiger partial charge in [0.05, 0.1) is 0 Å². The summed E-state index contributed by atoms with van der Waals surface area (Å²) in [5.74, 6) is -0.774. The predicted octanol–water partition coefficient (Wildman–Crippen LogP) is 3.32. The Morgan fingerprint density at radius 1 is 0.875 bits per heavy atom. The number of para-hydroxylation sites is 1. The molecule has 0 aliphatic rings. The molecular formula is C14H13FO. The lowest BCUT2D eigenvalue weighted by atomic mass is 10.0. The first-order chi connectivity index (χ1) is 7.77. The van der Waals surface area contributed by atoms with Crippen molar-refractivity contribution in [3.05, 3.63) is 65.5 Å². The van der Waals surface area contributed by atoms with Crippen molar-refractivity contribution < 1.29 is 9.50 Å². The van der Waals surface area contributed by atoms with Gasteiger partial charge in [0, 0.05) is 0 Å². The van der Waals surface area contributed by atoms with Crippen LogP contribution in [0.5, 0.6) is 5.75 Å². The van der Waals surface area contributed by atoms with E-state index in [1.807, 2.05) is 30.3 Å². The number of benzene rings is 2. The number of rotatable bonds is 3. The number of hydrogen-bond donors (Lipinski definition) is 1. The largest absolute Gasteiger partial charge is 0.505 e. The lowest BCUT2D eigenvalue weighted by molar-refractivity contribution is 0.426. The van der Waals surface area contributed by atoms with Crippen molar-refractivity contribution in [2.45, 2.75) is 12.8 Å². The van der Waals surface area contributed by atoms with Crippen molar-refractivity contribution in [1.29, 1.82) is 0 Å². The van der Waals surface area contributed by atoms with Crippen LogP contribution in [0.1, 0.15) is 11.1 Å². The molecule has 0 saturated carbocycles. The fourth-order valence-corrected chi connectivity index (χ4v) is 1.69. The molecule has 1 N–H and O–H groups in total. The molecule has 0 fully saturated rings. The van der Waals surface area contributed by atoms with E-state index in [1.165, 1.54) is 11.6 Å². The first kappa shape index (κ1) is 10.7. The maximum atomic E-state index is 13.1. The third kappa shape index (κ3) is 2.40. The lowest BCUT2D eigenvalue weighted by Crippen LogP contribution is -1.92. The van der Waals surface area contributed by atoms with Gasteiger partial charge in [-0.3, -0.25) is 0 Å². The number of phenolic OH excluding ortho intramolecular Hbond substituents is 1. The van der Waals surface area contributed by atoms with Gasteiger partial charge < -0.3 is 5.11 Å². The molecule has 0 bridgehead atoms. The Labute approximate surface area is 94.2 Å². The van der Waals surface area contributed by atoms with Crippen molar-refractivity contribution in [3.63, 3.8) is 0 Å². The molecule has 0 atom stereocenters. The zero-order valence-electron chi connectivity index (χ0n) is 8.86. The maximum Gasteiger partial charge on any atom is 0.165 e. The quantitative estimate of drug-likeness (QED) is 0.834. The van der Waals surface area contributed by atoms with Crippen LogP contribution < -0.4 is 0 Å². The maximum absolute atomic E-state index is 13.1. The van der Waals surface area contributed by atoms with Crippen molar-refractivity contribution in [1.82, 2.24) is 0 Å². The Morgan fingerprint density at radius 3 is 2.38 bits per heavy atom. The van der Waals surface area contributed by atoms with E-state index in [-0.39, 0.29) is 5.75 Å². The number of hydrogen-bond acceptors (Lipinski definition) is 1. The van der Waals surface area contributed by atoms with E-state index in [4.69, 9.17) is 0 Å². The summed E-state index contributed by atoms with van der Waals surface area (Å²) in [5.41, 5.74) is 1.84. The Bertz CT molecular complexity index is 465. The number of halogens is 1. The molecule has 0 heterocycles. The van der Waals surface area contributed by atoms with Crippen LogP contribution in [0.2, 0.25) is 0 Å². The summed E-state index contributed by atoms with van der Waals surface area (Å²) in [5, 5.41) is 9.50. The summed E-state index contributed by atoms with van der Waals surface area (Å²) in [6, 6.07) is 14.6. The molecule has 2 aromatic carbocycles. The van der Waals surface area contributed by atoms with E-state index < -0.39 is 5.82 Å². The van der Waals surface area contributed by atoms with Crippen LogP contribution in [0.4, 0.5) is 4.39 Å². The van der Waals surface area contributed by atoms with Crippen LogP contribution in [0.25, 0.3) is 0 Å². The van der Waals surface area contributed by atoms with Crippen LogP contribution in [-0.2, 0) is 12.8 Å². The molecule has 2 aromatic rings. The third-order valence-electron chi connectivity index (χ3n) is 2.60. The summed E-state index contributed by atoms with van der Waals surface area (Å²) < 4.78 is 13.1. The summed E-state index contributed by atoms with van der Waals surface area (Å²) in [7, 11) is 0. The zero-order valence-corrected chi connectivity index (χ0v) is 8.86. The topological polar surface area (TPSA) is 20.2 Å². The van der Waals surface area contributed by atoms with E-state index in [1.54, 1.807) is 12.1 Å². The van der Waals surface area contributed by atoms with E-state index in [0.717, 1.165) is 6.42 Å². The molecule has 2 heteroatoms. The van der Waals surface area contributed by atoms with Gasteiger partial charge in [0.1, 0.15) is 0 Å². The van der Waals surface area contributed by atoms with Gasteiger partial charge in [0.15, 0.2) is 11.6 Å². The number of aryl methyl sites for hydroxylation is 2. The molecular weight excluding hydrogens is 203 g/mol. The number of phenols is 1. The first-order valence-corrected chi connectivity index (χ1v) is 5.27. The van der Waals surface area contributed by atoms with Gasteiger partial charge >= 0.3 is 0 Å². The lowest BCUT2D eigenvalue weighted by Gasteiger charge is -2.05. The molecule has 0 amide bonds. The highest BCUT2D eigenvalue weighted by atomic mass is 19.1. The molecule has 0 radical (unpaired) electrons. The van der Waals surface area contributed by atoms with Gasteiger partial charge in [-0.25, -0.2) is 4.39 Å². The van der Waals surface area contributed by atoms with E-state index in [0.29, 0.717) is 12.0 Å².